The zero-order valence-electron chi connectivity index (χ0n) is 50.8. The molecule has 1 amide bonds. The van der Waals surface area contributed by atoms with Crippen molar-refractivity contribution in [3.8, 4) is 0 Å². The summed E-state index contributed by atoms with van der Waals surface area (Å²) < 4.78 is 5.50. The maximum absolute atomic E-state index is 12.5. The largest absolute Gasteiger partial charge is 0.466 e. The molecule has 6 nitrogen and oxygen atoms in total. The van der Waals surface area contributed by atoms with E-state index in [1.54, 1.807) is 6.08 Å². The van der Waals surface area contributed by atoms with E-state index in [2.05, 4.69) is 31.3 Å². The number of esters is 1. The number of aliphatic hydroxyl groups excluding tert-OH is 2. The van der Waals surface area contributed by atoms with Crippen LogP contribution in [0.1, 0.15) is 380 Å². The van der Waals surface area contributed by atoms with E-state index in [-0.39, 0.29) is 18.5 Å². The summed E-state index contributed by atoms with van der Waals surface area (Å²) in [5, 5.41) is 23.2. The van der Waals surface area contributed by atoms with Crippen molar-refractivity contribution in [3.63, 3.8) is 0 Å². The minimum absolute atomic E-state index is 0.00632. The van der Waals surface area contributed by atoms with Gasteiger partial charge in [0.05, 0.1) is 25.4 Å². The zero-order chi connectivity index (χ0) is 54.3. The summed E-state index contributed by atoms with van der Waals surface area (Å²) in [7, 11) is 0. The number of hydrogen-bond acceptors (Lipinski definition) is 5. The fourth-order valence-electron chi connectivity index (χ4n) is 10.7. The van der Waals surface area contributed by atoms with Crippen molar-refractivity contribution in [2.45, 2.75) is 392 Å². The predicted molar refractivity (Wildman–Crippen MR) is 329 cm³/mol. The molecule has 2 unspecified atom stereocenters. The molecular weight excluding hydrogens is 923 g/mol. The third-order valence-corrected chi connectivity index (χ3v) is 16.0. The molecule has 0 aromatic heterocycles. The molecule has 0 bridgehead atoms. The van der Waals surface area contributed by atoms with Crippen LogP contribution < -0.4 is 5.32 Å². The molecule has 0 radical (unpaired) electrons. The van der Waals surface area contributed by atoms with Gasteiger partial charge in [-0.05, 0) is 57.8 Å². The second-order valence-corrected chi connectivity index (χ2v) is 23.5. The van der Waals surface area contributed by atoms with Crippen LogP contribution in [0.15, 0.2) is 24.3 Å². The van der Waals surface area contributed by atoms with Gasteiger partial charge in [-0.3, -0.25) is 9.59 Å². The minimum atomic E-state index is -0.847. The Morgan fingerprint density at radius 2 is 0.627 bits per heavy atom. The van der Waals surface area contributed by atoms with Crippen LogP contribution in [0.3, 0.4) is 0 Å². The van der Waals surface area contributed by atoms with E-state index in [1.807, 2.05) is 6.08 Å². The first-order valence-corrected chi connectivity index (χ1v) is 34.1. The van der Waals surface area contributed by atoms with Crippen molar-refractivity contribution >= 4 is 11.9 Å². The van der Waals surface area contributed by atoms with Gasteiger partial charge in [-0.25, -0.2) is 0 Å². The van der Waals surface area contributed by atoms with Crippen LogP contribution in [0.5, 0.6) is 0 Å². The van der Waals surface area contributed by atoms with Crippen molar-refractivity contribution in [1.29, 1.82) is 0 Å². The van der Waals surface area contributed by atoms with Crippen molar-refractivity contribution in [2.75, 3.05) is 13.2 Å². The maximum Gasteiger partial charge on any atom is 0.305 e. The zero-order valence-corrected chi connectivity index (χ0v) is 50.8. The molecule has 6 heteroatoms. The van der Waals surface area contributed by atoms with Crippen LogP contribution in [0.25, 0.3) is 0 Å². The Balaban J connectivity index is 3.42. The average molecular weight is 1060 g/mol. The summed E-state index contributed by atoms with van der Waals surface area (Å²) in [5.74, 6) is -0.0608. The highest BCUT2D eigenvalue weighted by molar-refractivity contribution is 5.76. The summed E-state index contributed by atoms with van der Waals surface area (Å²) in [6.07, 6.45) is 80.9. The number of nitrogens with one attached hydrogen (secondary N) is 1. The number of carbonyl (C=O) groups excluding carboxylic acids is 2. The third kappa shape index (κ3) is 61.4. The third-order valence-electron chi connectivity index (χ3n) is 16.0. The van der Waals surface area contributed by atoms with Gasteiger partial charge in [0.15, 0.2) is 0 Å². The first-order chi connectivity index (χ1) is 37.0. The van der Waals surface area contributed by atoms with Crippen molar-refractivity contribution in [1.82, 2.24) is 5.32 Å². The average Bonchev–Trinajstić information content (AvgIpc) is 3.41. The maximum atomic E-state index is 12.5. The molecule has 0 fully saturated rings. The highest BCUT2D eigenvalue weighted by Gasteiger charge is 2.18. The van der Waals surface area contributed by atoms with Crippen LogP contribution in [-0.2, 0) is 14.3 Å². The molecule has 0 aliphatic rings. The molecule has 3 N–H and O–H groups in total. The highest BCUT2D eigenvalue weighted by atomic mass is 16.5. The van der Waals surface area contributed by atoms with Crippen LogP contribution in [-0.4, -0.2) is 47.4 Å². The van der Waals surface area contributed by atoms with Gasteiger partial charge in [-0.15, -0.1) is 0 Å². The minimum Gasteiger partial charge on any atom is -0.466 e. The molecule has 0 spiro atoms. The van der Waals surface area contributed by atoms with Crippen molar-refractivity contribution in [3.05, 3.63) is 24.3 Å². The lowest BCUT2D eigenvalue weighted by atomic mass is 10.0. The number of hydrogen-bond donors (Lipinski definition) is 3. The molecule has 0 aromatic carbocycles. The number of aliphatic hydroxyl groups is 2. The van der Waals surface area contributed by atoms with Crippen molar-refractivity contribution < 1.29 is 24.5 Å². The lowest BCUT2D eigenvalue weighted by molar-refractivity contribution is -0.143. The second-order valence-electron chi connectivity index (χ2n) is 23.5. The Kier molecular flexibility index (Phi) is 63.4. The Morgan fingerprint density at radius 1 is 0.360 bits per heavy atom. The van der Waals surface area contributed by atoms with Crippen molar-refractivity contribution in [2.24, 2.45) is 0 Å². The number of allylic oxidation sites excluding steroid dienone is 3. The Labute approximate surface area is 469 Å². The summed E-state index contributed by atoms with van der Waals surface area (Å²) in [4.78, 5) is 24.6. The van der Waals surface area contributed by atoms with Gasteiger partial charge in [0.1, 0.15) is 0 Å². The van der Waals surface area contributed by atoms with E-state index < -0.39 is 12.1 Å². The van der Waals surface area contributed by atoms with Gasteiger partial charge in [0.25, 0.3) is 0 Å². The van der Waals surface area contributed by atoms with Gasteiger partial charge in [-0.2, -0.15) is 0 Å². The molecule has 0 saturated heterocycles. The highest BCUT2D eigenvalue weighted by Crippen LogP contribution is 2.18. The molecule has 75 heavy (non-hydrogen) atoms. The van der Waals surface area contributed by atoms with Crippen LogP contribution in [0.2, 0.25) is 0 Å². The molecule has 444 valence electrons. The SMILES string of the molecule is CCCCCCCCC/C=C\CCCCCCCCCC(=O)OCCCCCCCCCCCCCCCCCCCCCC(=O)NC(CO)C(O)/C=C/CCCCCCCCCCCCCCCCCCCCC. The molecule has 0 aliphatic heterocycles. The normalized spacial score (nSPS) is 12.6. The summed E-state index contributed by atoms with van der Waals surface area (Å²) >= 11 is 0. The van der Waals surface area contributed by atoms with E-state index in [0.29, 0.717) is 19.4 Å². The number of amides is 1. The topological polar surface area (TPSA) is 95.9 Å². The summed E-state index contributed by atoms with van der Waals surface area (Å²) in [6.45, 7) is 4.93. The van der Waals surface area contributed by atoms with Crippen LogP contribution in [0.4, 0.5) is 0 Å². The van der Waals surface area contributed by atoms with E-state index in [0.717, 1.165) is 44.9 Å². The van der Waals surface area contributed by atoms with E-state index in [9.17, 15) is 19.8 Å². The van der Waals surface area contributed by atoms with Crippen LogP contribution in [0, 0.1) is 0 Å². The molecule has 2 atom stereocenters. The number of unbranched alkanes of at least 4 members (excludes halogenated alkanes) is 51. The van der Waals surface area contributed by atoms with Gasteiger partial charge in [0.2, 0.25) is 5.91 Å². The Morgan fingerprint density at radius 3 is 0.947 bits per heavy atom. The molecule has 0 aliphatic carbocycles. The molecule has 0 aromatic rings. The summed E-state index contributed by atoms with van der Waals surface area (Å²) in [6, 6.07) is -0.631. The molecule has 0 rings (SSSR count). The van der Waals surface area contributed by atoms with Gasteiger partial charge in [-0.1, -0.05) is 334 Å². The first-order valence-electron chi connectivity index (χ1n) is 34.1. The van der Waals surface area contributed by atoms with E-state index in [1.165, 1.54) is 308 Å². The van der Waals surface area contributed by atoms with E-state index >= 15 is 0 Å². The first kappa shape index (κ1) is 73.3. The van der Waals surface area contributed by atoms with Crippen LogP contribution >= 0.6 is 0 Å². The standard InChI is InChI=1S/C69H133NO5/c1-3-5-7-9-11-13-15-17-19-21-23-24-26-29-33-37-41-45-49-53-57-61-67(72)66(65-71)70-68(73)62-58-54-50-46-42-38-34-30-27-25-28-32-36-40-44-48-52-56-60-64-75-69(74)63-59-55-51-47-43-39-35-31-22-20-18-16-14-12-10-8-6-4-2/h20,22,57,61,66-67,71-72H,3-19,21,23-56,58-60,62-65H2,1-2H3,(H,70,73)/b22-20-,61-57+. The Hall–Kier alpha value is -1.66. The number of ether oxygens (including phenoxy) is 1. The van der Waals surface area contributed by atoms with Gasteiger partial charge in [0, 0.05) is 12.8 Å². The number of rotatable bonds is 64. The predicted octanol–water partition coefficient (Wildman–Crippen LogP) is 21.8. The summed E-state index contributed by atoms with van der Waals surface area (Å²) in [5.41, 5.74) is 0. The van der Waals surface area contributed by atoms with Gasteiger partial charge >= 0.3 is 5.97 Å². The lowest BCUT2D eigenvalue weighted by Crippen LogP contribution is -2.45. The second kappa shape index (κ2) is 64.9. The monoisotopic (exact) mass is 1060 g/mol. The molecule has 0 heterocycles. The fourth-order valence-corrected chi connectivity index (χ4v) is 10.7. The quantitative estimate of drug-likeness (QED) is 0.0320. The smallest absolute Gasteiger partial charge is 0.305 e. The van der Waals surface area contributed by atoms with Gasteiger partial charge < -0.3 is 20.3 Å². The number of carbonyl (C=O) groups is 2. The van der Waals surface area contributed by atoms with E-state index in [4.69, 9.17) is 4.74 Å². The molecular formula is C69H133NO5. The lowest BCUT2D eigenvalue weighted by Gasteiger charge is -2.20. The Bertz CT molecular complexity index is 1170. The fraction of sp³-hybridized carbons (Fsp3) is 0.913. The molecule has 0 saturated carbocycles.